The molecule has 0 spiro atoms. The van der Waals surface area contributed by atoms with Crippen molar-refractivity contribution < 1.29 is 19.7 Å². The third-order valence-electron chi connectivity index (χ3n) is 2.84. The van der Waals surface area contributed by atoms with Crippen LogP contribution in [0.4, 0.5) is 0 Å². The molecule has 6 heteroatoms. The van der Waals surface area contributed by atoms with Crippen molar-refractivity contribution in [2.75, 3.05) is 7.11 Å². The number of rotatable bonds is 5. The van der Waals surface area contributed by atoms with Crippen LogP contribution in [0.1, 0.15) is 21.5 Å². The van der Waals surface area contributed by atoms with Gasteiger partial charge in [-0.25, -0.2) is 4.79 Å². The van der Waals surface area contributed by atoms with Crippen molar-refractivity contribution in [3.63, 3.8) is 0 Å². The predicted molar refractivity (Wildman–Crippen MR) is 83.2 cm³/mol. The Labute approximate surface area is 127 Å². The summed E-state index contributed by atoms with van der Waals surface area (Å²) >= 11 is 0. The van der Waals surface area contributed by atoms with E-state index in [0.717, 1.165) is 11.1 Å². The fourth-order valence-electron chi connectivity index (χ4n) is 1.69. The second-order valence-electron chi connectivity index (χ2n) is 4.35. The Morgan fingerprint density at radius 3 is 2.23 bits per heavy atom. The number of phenolic OH excluding ortho intramolecular Hbond substituents is 1. The molecule has 2 N–H and O–H groups in total. The number of nitrogens with zero attached hydrogens (tertiary/aromatic N) is 2. The van der Waals surface area contributed by atoms with Crippen LogP contribution in [-0.2, 0) is 0 Å². The third-order valence-corrected chi connectivity index (χ3v) is 2.84. The van der Waals surface area contributed by atoms with Gasteiger partial charge in [0.05, 0.1) is 25.1 Å². The predicted octanol–water partition coefficient (Wildman–Crippen LogP) is 2.55. The number of aromatic hydroxyl groups is 1. The molecule has 0 aliphatic rings. The summed E-state index contributed by atoms with van der Waals surface area (Å²) in [4.78, 5) is 10.7. The van der Waals surface area contributed by atoms with E-state index in [0.29, 0.717) is 5.75 Å². The smallest absolute Gasteiger partial charge is 0.335 e. The summed E-state index contributed by atoms with van der Waals surface area (Å²) in [7, 11) is 1.47. The summed E-state index contributed by atoms with van der Waals surface area (Å²) in [6, 6.07) is 11.1. The van der Waals surface area contributed by atoms with E-state index in [1.165, 1.54) is 37.7 Å². The maximum atomic E-state index is 10.7. The van der Waals surface area contributed by atoms with Crippen LogP contribution in [-0.4, -0.2) is 35.7 Å². The van der Waals surface area contributed by atoms with Gasteiger partial charge in [-0.05, 0) is 41.5 Å². The van der Waals surface area contributed by atoms with Crippen LogP contribution in [0, 0.1) is 0 Å². The van der Waals surface area contributed by atoms with E-state index in [-0.39, 0.29) is 11.3 Å². The first-order chi connectivity index (χ1) is 10.6. The highest BCUT2D eigenvalue weighted by Gasteiger charge is 2.01. The van der Waals surface area contributed by atoms with Crippen LogP contribution in [0.2, 0.25) is 0 Å². The highest BCUT2D eigenvalue weighted by Crippen LogP contribution is 2.25. The van der Waals surface area contributed by atoms with Gasteiger partial charge in [-0.2, -0.15) is 10.2 Å². The summed E-state index contributed by atoms with van der Waals surface area (Å²) < 4.78 is 4.99. The monoisotopic (exact) mass is 298 g/mol. The third kappa shape index (κ3) is 3.92. The zero-order valence-electron chi connectivity index (χ0n) is 11.8. The zero-order chi connectivity index (χ0) is 15.9. The van der Waals surface area contributed by atoms with E-state index in [1.807, 2.05) is 0 Å². The summed E-state index contributed by atoms with van der Waals surface area (Å²) in [6.07, 6.45) is 3.03. The van der Waals surface area contributed by atoms with Crippen LogP contribution >= 0.6 is 0 Å². The van der Waals surface area contributed by atoms with E-state index >= 15 is 0 Å². The molecule has 0 aliphatic heterocycles. The van der Waals surface area contributed by atoms with Crippen molar-refractivity contribution in [2.24, 2.45) is 10.2 Å². The fourth-order valence-corrected chi connectivity index (χ4v) is 1.69. The van der Waals surface area contributed by atoms with Crippen LogP contribution in [0.25, 0.3) is 0 Å². The molecule has 0 amide bonds. The Hall–Kier alpha value is -3.15. The van der Waals surface area contributed by atoms with E-state index in [2.05, 4.69) is 10.2 Å². The number of ether oxygens (including phenoxy) is 1. The molecule has 6 nitrogen and oxygen atoms in total. The van der Waals surface area contributed by atoms with Crippen molar-refractivity contribution in [2.45, 2.75) is 0 Å². The minimum absolute atomic E-state index is 0.0571. The lowest BCUT2D eigenvalue weighted by Gasteiger charge is -2.02. The van der Waals surface area contributed by atoms with Gasteiger partial charge in [0.1, 0.15) is 0 Å². The van der Waals surface area contributed by atoms with E-state index in [9.17, 15) is 9.90 Å². The fraction of sp³-hybridized carbons (Fsp3) is 0.0625. The summed E-state index contributed by atoms with van der Waals surface area (Å²) in [5.41, 5.74) is 1.69. The molecule has 0 aromatic heterocycles. The van der Waals surface area contributed by atoms with Gasteiger partial charge in [0.2, 0.25) is 0 Å². The van der Waals surface area contributed by atoms with E-state index < -0.39 is 5.97 Å². The number of hydrogen-bond acceptors (Lipinski definition) is 5. The van der Waals surface area contributed by atoms with Gasteiger partial charge >= 0.3 is 5.97 Å². The Kier molecular flexibility index (Phi) is 4.87. The first kappa shape index (κ1) is 15.2. The minimum Gasteiger partial charge on any atom is -0.504 e. The molecule has 0 atom stereocenters. The van der Waals surface area contributed by atoms with Crippen LogP contribution in [0.3, 0.4) is 0 Å². The maximum absolute atomic E-state index is 10.7. The van der Waals surface area contributed by atoms with Crippen molar-refractivity contribution in [3.05, 3.63) is 59.2 Å². The second-order valence-corrected chi connectivity index (χ2v) is 4.35. The first-order valence-electron chi connectivity index (χ1n) is 6.37. The molecule has 0 bridgehead atoms. The van der Waals surface area contributed by atoms with E-state index in [1.54, 1.807) is 24.3 Å². The number of methoxy groups -OCH3 is 1. The summed E-state index contributed by atoms with van der Waals surface area (Å²) in [5.74, 6) is -0.554. The normalized spacial score (nSPS) is 11.1. The van der Waals surface area contributed by atoms with Gasteiger partial charge in [-0.3, -0.25) is 0 Å². The maximum Gasteiger partial charge on any atom is 0.335 e. The molecular formula is C16H14N2O4. The lowest BCUT2D eigenvalue weighted by Crippen LogP contribution is -1.95. The van der Waals surface area contributed by atoms with E-state index in [4.69, 9.17) is 9.84 Å². The van der Waals surface area contributed by atoms with Gasteiger partial charge in [0, 0.05) is 0 Å². The molecular weight excluding hydrogens is 284 g/mol. The second kappa shape index (κ2) is 7.03. The largest absolute Gasteiger partial charge is 0.504 e. The molecule has 2 aromatic carbocycles. The molecule has 0 unspecified atom stereocenters. The van der Waals surface area contributed by atoms with Gasteiger partial charge in [-0.1, -0.05) is 12.1 Å². The molecule has 0 fully saturated rings. The Morgan fingerprint density at radius 2 is 1.64 bits per heavy atom. The Balaban J connectivity index is 2.03. The molecule has 0 saturated carbocycles. The highest BCUT2D eigenvalue weighted by molar-refractivity contribution is 5.89. The van der Waals surface area contributed by atoms with Crippen molar-refractivity contribution in [1.82, 2.24) is 0 Å². The molecule has 0 heterocycles. The Morgan fingerprint density at radius 1 is 1.05 bits per heavy atom. The molecule has 0 radical (unpaired) electrons. The van der Waals surface area contributed by atoms with Crippen molar-refractivity contribution in [3.8, 4) is 11.5 Å². The number of carbonyl (C=O) groups is 1. The number of benzene rings is 2. The van der Waals surface area contributed by atoms with Crippen molar-refractivity contribution in [1.29, 1.82) is 0 Å². The molecule has 2 aromatic rings. The lowest BCUT2D eigenvalue weighted by atomic mass is 10.1. The topological polar surface area (TPSA) is 91.5 Å². The van der Waals surface area contributed by atoms with Gasteiger partial charge in [0.25, 0.3) is 0 Å². The number of carboxylic acids is 1. The van der Waals surface area contributed by atoms with Gasteiger partial charge < -0.3 is 14.9 Å². The quantitative estimate of drug-likeness (QED) is 0.655. The zero-order valence-corrected chi connectivity index (χ0v) is 11.8. The molecule has 0 aliphatic carbocycles. The minimum atomic E-state index is -0.970. The van der Waals surface area contributed by atoms with Gasteiger partial charge in [0.15, 0.2) is 11.5 Å². The molecule has 112 valence electrons. The summed E-state index contributed by atoms with van der Waals surface area (Å²) in [6.45, 7) is 0. The first-order valence-corrected chi connectivity index (χ1v) is 6.37. The average molecular weight is 298 g/mol. The summed E-state index contributed by atoms with van der Waals surface area (Å²) in [5, 5.41) is 26.0. The molecule has 2 rings (SSSR count). The molecule has 22 heavy (non-hydrogen) atoms. The number of hydrogen-bond donors (Lipinski definition) is 2. The number of phenols is 1. The number of aromatic carboxylic acids is 1. The standard InChI is InChI=1S/C16H14N2O4/c1-22-15-8-12(4-7-14(15)19)10-18-17-9-11-2-5-13(6-3-11)16(20)21/h2-10,19H,1H3,(H,20,21)/b17-9+,18-10+. The Bertz CT molecular complexity index is 721. The van der Waals surface area contributed by atoms with Crippen LogP contribution < -0.4 is 4.74 Å². The van der Waals surface area contributed by atoms with Crippen LogP contribution in [0.5, 0.6) is 11.5 Å². The SMILES string of the molecule is COc1cc(/C=N/N=C/c2ccc(C(=O)O)cc2)ccc1O. The van der Waals surface area contributed by atoms with Crippen molar-refractivity contribution >= 4 is 18.4 Å². The average Bonchev–Trinajstić information content (AvgIpc) is 2.53. The van der Waals surface area contributed by atoms with Crippen LogP contribution in [0.15, 0.2) is 52.7 Å². The number of carboxylic acid groups (broad SMARTS) is 1. The van der Waals surface area contributed by atoms with Gasteiger partial charge in [-0.15, -0.1) is 0 Å². The lowest BCUT2D eigenvalue weighted by molar-refractivity contribution is 0.0697. The highest BCUT2D eigenvalue weighted by atomic mass is 16.5. The molecule has 0 saturated heterocycles.